The number of ketones is 1. The minimum atomic E-state index is -0.675. The molecule has 7 unspecified atom stereocenters. The molecule has 0 bridgehead atoms. The molecule has 4 saturated carbocycles. The van der Waals surface area contributed by atoms with Crippen LogP contribution in [-0.2, 0) is 23.9 Å². The highest BCUT2D eigenvalue weighted by Gasteiger charge is 2.71. The number of aliphatic carboxylic acids is 1. The quantitative estimate of drug-likeness (QED) is 0.181. The topological polar surface area (TPSA) is 89.9 Å². The van der Waals surface area contributed by atoms with Crippen LogP contribution in [0.25, 0.3) is 0 Å². The number of carbonyl (C=O) groups is 3. The van der Waals surface area contributed by atoms with Crippen molar-refractivity contribution >= 4 is 18.0 Å². The van der Waals surface area contributed by atoms with Gasteiger partial charge in [-0.15, -0.1) is 0 Å². The number of carboxylic acids is 1. The molecule has 6 aliphatic rings. The maximum atomic E-state index is 13.4. The van der Waals surface area contributed by atoms with E-state index in [-0.39, 0.29) is 69.1 Å². The Morgan fingerprint density at radius 1 is 0.894 bits per heavy atom. The molecule has 0 aromatic heterocycles. The summed E-state index contributed by atoms with van der Waals surface area (Å²) in [4.78, 5) is 39.1. The second kappa shape index (κ2) is 11.2. The summed E-state index contributed by atoms with van der Waals surface area (Å²) in [6.07, 6.45) is 10.8. The van der Waals surface area contributed by atoms with Crippen LogP contribution in [0.15, 0.2) is 11.6 Å². The van der Waals surface area contributed by atoms with Crippen molar-refractivity contribution in [3.63, 3.8) is 0 Å². The van der Waals surface area contributed by atoms with Gasteiger partial charge in [0.15, 0.2) is 12.1 Å². The predicted molar refractivity (Wildman–Crippen MR) is 183 cm³/mol. The van der Waals surface area contributed by atoms with Gasteiger partial charge in [0.05, 0.1) is 16.9 Å². The van der Waals surface area contributed by atoms with Crippen molar-refractivity contribution < 1.29 is 29.0 Å². The Morgan fingerprint density at radius 2 is 1.57 bits per heavy atom. The van der Waals surface area contributed by atoms with Crippen molar-refractivity contribution in [3.05, 3.63) is 11.6 Å². The number of ether oxygens (including phenoxy) is 2. The van der Waals surface area contributed by atoms with Crippen LogP contribution in [0.2, 0.25) is 0 Å². The zero-order chi connectivity index (χ0) is 34.7. The first-order valence-electron chi connectivity index (χ1n) is 18.9. The molecular weight excluding hydrogens is 588 g/mol. The molecule has 1 aliphatic heterocycles. The second-order valence-electron chi connectivity index (χ2n) is 19.4. The number of aldehydes is 1. The maximum absolute atomic E-state index is 13.4. The Hall–Kier alpha value is -1.53. The van der Waals surface area contributed by atoms with E-state index in [4.69, 9.17) is 9.47 Å². The minimum Gasteiger partial charge on any atom is -0.481 e. The van der Waals surface area contributed by atoms with E-state index < -0.39 is 29.2 Å². The molecule has 5 fully saturated rings. The third kappa shape index (κ3) is 4.71. The van der Waals surface area contributed by atoms with Crippen LogP contribution in [0.4, 0.5) is 0 Å². The van der Waals surface area contributed by atoms with Gasteiger partial charge in [-0.3, -0.25) is 9.59 Å². The highest BCUT2D eigenvalue weighted by atomic mass is 16.7. The lowest BCUT2D eigenvalue weighted by Crippen LogP contribution is -2.67. The number of fused-ring (bicyclic) bond motifs is 7. The predicted octanol–water partition coefficient (Wildman–Crippen LogP) is 8.91. The number of Topliss-reactive ketones (excluding diaryl/α,β-unsaturated/α-hetero) is 1. The van der Waals surface area contributed by atoms with Crippen LogP contribution in [0.3, 0.4) is 0 Å². The van der Waals surface area contributed by atoms with Crippen molar-refractivity contribution in [3.8, 4) is 0 Å². The van der Waals surface area contributed by atoms with E-state index in [1.807, 2.05) is 0 Å². The van der Waals surface area contributed by atoms with Crippen LogP contribution >= 0.6 is 0 Å². The first kappa shape index (κ1) is 35.3. The molecule has 6 rings (SSSR count). The van der Waals surface area contributed by atoms with Crippen LogP contribution in [0, 0.1) is 73.9 Å². The van der Waals surface area contributed by atoms with Gasteiger partial charge >= 0.3 is 5.97 Å². The Labute approximate surface area is 284 Å². The van der Waals surface area contributed by atoms with Gasteiger partial charge in [-0.25, -0.2) is 0 Å². The zero-order valence-corrected chi connectivity index (χ0v) is 31.3. The summed E-state index contributed by atoms with van der Waals surface area (Å²) in [5.41, 5.74) is 0.124. The molecule has 0 aromatic rings. The molecule has 1 saturated heterocycles. The number of hydrogen-bond acceptors (Lipinski definition) is 5. The van der Waals surface area contributed by atoms with Crippen molar-refractivity contribution in [2.24, 2.45) is 73.9 Å². The molecule has 1 heterocycles. The maximum Gasteiger partial charge on any atom is 0.310 e. The Balaban J connectivity index is 1.33. The van der Waals surface area contributed by atoms with E-state index in [9.17, 15) is 19.5 Å². The highest BCUT2D eigenvalue weighted by Crippen LogP contribution is 2.76. The smallest absolute Gasteiger partial charge is 0.310 e. The molecule has 47 heavy (non-hydrogen) atoms. The number of hydrogen-bond donors (Lipinski definition) is 1. The average Bonchev–Trinajstić information content (AvgIpc) is 2.98. The molecule has 0 aromatic carbocycles. The number of carbonyl (C=O) groups excluding carboxylic acids is 2. The number of rotatable bonds is 5. The third-order valence-corrected chi connectivity index (χ3v) is 16.9. The molecule has 5 aliphatic carbocycles. The second-order valence-corrected chi connectivity index (χ2v) is 19.4. The average molecular weight is 653 g/mol. The molecule has 6 heteroatoms. The molecule has 0 amide bonds. The van der Waals surface area contributed by atoms with Gasteiger partial charge < -0.3 is 19.4 Å². The molecule has 0 spiro atoms. The summed E-state index contributed by atoms with van der Waals surface area (Å²) in [6, 6.07) is 0. The SMILES string of the molecule is CC(=O)C1OC(O[C@H]2CCC3(C)C4CC=C5C6CC(C)(C)CC[C@]6(C(=O)O)C(C)C[C@@]5(C)[C@@]4(C)CC[C@H]3[C@@]2(C)C=O)C(C)[C@H](C)[C@@H]1C. The van der Waals surface area contributed by atoms with E-state index in [2.05, 4.69) is 75.3 Å². The van der Waals surface area contributed by atoms with Crippen LogP contribution < -0.4 is 0 Å². The first-order valence-corrected chi connectivity index (χ1v) is 18.9. The number of allylic oxidation sites excluding steroid dienone is 2. The number of carboxylic acid groups (broad SMARTS) is 1. The molecule has 6 nitrogen and oxygen atoms in total. The van der Waals surface area contributed by atoms with Crippen molar-refractivity contribution in [1.82, 2.24) is 0 Å². The lowest BCUT2D eigenvalue weighted by molar-refractivity contribution is -0.289. The van der Waals surface area contributed by atoms with E-state index in [0.29, 0.717) is 5.92 Å². The van der Waals surface area contributed by atoms with Gasteiger partial charge in [0, 0.05) is 5.92 Å². The molecule has 264 valence electrons. The van der Waals surface area contributed by atoms with Crippen LogP contribution in [0.1, 0.15) is 134 Å². The van der Waals surface area contributed by atoms with Crippen LogP contribution in [-0.4, -0.2) is 41.6 Å². The molecule has 0 radical (unpaired) electrons. The highest BCUT2D eigenvalue weighted by molar-refractivity contribution is 5.81. The van der Waals surface area contributed by atoms with E-state index >= 15 is 0 Å². The summed E-state index contributed by atoms with van der Waals surface area (Å²) in [5.74, 6) is 0.722. The molecule has 1 N–H and O–H groups in total. The summed E-state index contributed by atoms with van der Waals surface area (Å²) in [6.45, 7) is 24.6. The molecule has 15 atom stereocenters. The zero-order valence-electron chi connectivity index (χ0n) is 31.3. The van der Waals surface area contributed by atoms with Gasteiger partial charge in [0.25, 0.3) is 0 Å². The van der Waals surface area contributed by atoms with E-state index in [1.54, 1.807) is 6.92 Å². The Kier molecular flexibility index (Phi) is 8.44. The Bertz CT molecular complexity index is 1330. The van der Waals surface area contributed by atoms with Gasteiger partial charge in [0.2, 0.25) is 0 Å². The van der Waals surface area contributed by atoms with E-state index in [0.717, 1.165) is 57.8 Å². The largest absolute Gasteiger partial charge is 0.481 e. The lowest BCUT2D eigenvalue weighted by Gasteiger charge is -2.71. The van der Waals surface area contributed by atoms with Crippen molar-refractivity contribution in [1.29, 1.82) is 0 Å². The van der Waals surface area contributed by atoms with Crippen molar-refractivity contribution in [2.75, 3.05) is 0 Å². The minimum absolute atomic E-state index is 0.0155. The van der Waals surface area contributed by atoms with Gasteiger partial charge in [-0.05, 0) is 122 Å². The normalized spacial score (nSPS) is 53.7. The monoisotopic (exact) mass is 652 g/mol. The lowest BCUT2D eigenvalue weighted by atomic mass is 9.32. The van der Waals surface area contributed by atoms with Gasteiger partial charge in [-0.2, -0.15) is 0 Å². The summed E-state index contributed by atoms with van der Waals surface area (Å²) in [7, 11) is 0. The fraction of sp³-hybridized carbons (Fsp3) is 0.878. The standard InChI is InChI=1S/C41H64O6/c1-23-20-40(11)28(29-21-36(6,7)18-19-41(23,29)35(44)45)12-13-31-37(8)16-15-32(38(9,22-42)30(37)14-17-39(31,40)10)46-34-26(4)24(2)25(3)33(47-34)27(5)43/h12,22-26,29-34H,13-21H2,1-11H3,(H,44,45)/t23?,24-,25+,26?,29?,30-,31?,32+,33?,34?,37?,38-,39+,40-,41+/m1/s1. The summed E-state index contributed by atoms with van der Waals surface area (Å²) < 4.78 is 13.2. The van der Waals surface area contributed by atoms with Crippen LogP contribution in [0.5, 0.6) is 0 Å². The summed E-state index contributed by atoms with van der Waals surface area (Å²) in [5, 5.41) is 10.8. The van der Waals surface area contributed by atoms with Gasteiger partial charge in [-0.1, -0.05) is 80.9 Å². The van der Waals surface area contributed by atoms with Crippen molar-refractivity contribution in [2.45, 2.75) is 152 Å². The van der Waals surface area contributed by atoms with Gasteiger partial charge in [0.1, 0.15) is 12.4 Å². The first-order chi connectivity index (χ1) is 21.7. The molecular formula is C41H64O6. The summed E-state index contributed by atoms with van der Waals surface area (Å²) >= 11 is 0. The third-order valence-electron chi connectivity index (χ3n) is 16.9. The fourth-order valence-corrected chi connectivity index (χ4v) is 13.5. The van der Waals surface area contributed by atoms with E-state index in [1.165, 1.54) is 11.9 Å². The Morgan fingerprint density at radius 3 is 2.19 bits per heavy atom. The fourth-order valence-electron chi connectivity index (χ4n) is 13.5.